The number of anilines is 1. The number of aromatic amines is 1. The molecule has 1 fully saturated rings. The van der Waals surface area contributed by atoms with Gasteiger partial charge in [0.15, 0.2) is 9.84 Å². The molecule has 4 N–H and O–H groups in total. The highest BCUT2D eigenvalue weighted by Gasteiger charge is 2.30. The minimum Gasteiger partial charge on any atom is -0.358 e. The maximum absolute atomic E-state index is 13.2. The maximum atomic E-state index is 13.2. The number of nitrogens with one attached hydrogen (secondary N) is 2. The van der Waals surface area contributed by atoms with Crippen molar-refractivity contribution >= 4 is 50.6 Å². The minimum absolute atomic E-state index is 0. The van der Waals surface area contributed by atoms with Crippen LogP contribution in [0.1, 0.15) is 52.3 Å². The summed E-state index contributed by atoms with van der Waals surface area (Å²) in [5.41, 5.74) is 10.4. The van der Waals surface area contributed by atoms with Crippen LogP contribution in [-0.4, -0.2) is 49.2 Å². The first-order valence-electron chi connectivity index (χ1n) is 11.9. The third-order valence-electron chi connectivity index (χ3n) is 6.93. The molecule has 1 aromatic heterocycles. The maximum Gasteiger partial charge on any atom is 0.256 e. The number of halogens is 1. The summed E-state index contributed by atoms with van der Waals surface area (Å²) in [6.07, 6.45) is 2.43. The van der Waals surface area contributed by atoms with Crippen LogP contribution in [0, 0.1) is 13.8 Å². The van der Waals surface area contributed by atoms with Gasteiger partial charge in [0.25, 0.3) is 11.8 Å². The molecule has 38 heavy (non-hydrogen) atoms. The molecule has 2 aliphatic heterocycles. The molecule has 0 aliphatic carbocycles. The van der Waals surface area contributed by atoms with Crippen molar-refractivity contribution in [2.45, 2.75) is 44.4 Å². The lowest BCUT2D eigenvalue weighted by Crippen LogP contribution is -2.32. The SMILES string of the molecule is C.Cc1[nH]c(/C=C2\C(=O)Nc3ccc(S(=O)(=O)Cc4ccccc4Cl)cc32)c(C)c1C(=O)N1CC[C@H](N)C1. The summed E-state index contributed by atoms with van der Waals surface area (Å²) in [6, 6.07) is 11.4. The lowest BCUT2D eigenvalue weighted by Gasteiger charge is -2.16. The monoisotopic (exact) mass is 554 g/mol. The predicted molar refractivity (Wildman–Crippen MR) is 151 cm³/mol. The Morgan fingerprint density at radius 3 is 2.63 bits per heavy atom. The largest absolute Gasteiger partial charge is 0.358 e. The zero-order valence-corrected chi connectivity index (χ0v) is 22.0. The predicted octanol–water partition coefficient (Wildman–Crippen LogP) is 4.56. The van der Waals surface area contributed by atoms with E-state index < -0.39 is 9.84 Å². The molecule has 3 aromatic rings. The van der Waals surface area contributed by atoms with Crippen molar-refractivity contribution in [2.75, 3.05) is 18.4 Å². The molecule has 5 rings (SSSR count). The van der Waals surface area contributed by atoms with Crippen LogP contribution in [0.5, 0.6) is 0 Å². The Bertz CT molecular complexity index is 1580. The van der Waals surface area contributed by atoms with E-state index >= 15 is 0 Å². The van der Waals surface area contributed by atoms with E-state index in [1.165, 1.54) is 12.1 Å². The molecule has 2 amide bonds. The van der Waals surface area contributed by atoms with Crippen LogP contribution in [0.2, 0.25) is 5.02 Å². The Morgan fingerprint density at radius 2 is 1.95 bits per heavy atom. The Kier molecular flexibility index (Phi) is 7.56. The normalized spacial score (nSPS) is 17.9. The number of likely N-dealkylation sites (tertiary alicyclic amines) is 1. The van der Waals surface area contributed by atoms with Crippen molar-refractivity contribution in [1.29, 1.82) is 0 Å². The van der Waals surface area contributed by atoms with Crippen LogP contribution < -0.4 is 11.1 Å². The molecule has 0 saturated carbocycles. The number of rotatable bonds is 5. The van der Waals surface area contributed by atoms with Gasteiger partial charge in [0.2, 0.25) is 0 Å². The van der Waals surface area contributed by atoms with Gasteiger partial charge in [-0.2, -0.15) is 0 Å². The molecule has 2 aromatic carbocycles. The van der Waals surface area contributed by atoms with E-state index in [1.54, 1.807) is 41.3 Å². The number of hydrogen-bond donors (Lipinski definition) is 3. The van der Waals surface area contributed by atoms with Gasteiger partial charge in [0, 0.05) is 46.8 Å². The first kappa shape index (κ1) is 27.6. The summed E-state index contributed by atoms with van der Waals surface area (Å²) < 4.78 is 26.4. The molecular formula is C28H31ClN4O4S. The molecule has 0 spiro atoms. The van der Waals surface area contributed by atoms with Gasteiger partial charge in [0.05, 0.1) is 21.8 Å². The minimum atomic E-state index is -3.73. The quantitative estimate of drug-likeness (QED) is 0.399. The van der Waals surface area contributed by atoms with Gasteiger partial charge >= 0.3 is 0 Å². The highest BCUT2D eigenvalue weighted by molar-refractivity contribution is 7.90. The topological polar surface area (TPSA) is 125 Å². The van der Waals surface area contributed by atoms with Gasteiger partial charge in [-0.25, -0.2) is 8.42 Å². The molecule has 1 atom stereocenters. The van der Waals surface area contributed by atoms with E-state index in [2.05, 4.69) is 10.3 Å². The fourth-order valence-corrected chi connectivity index (χ4v) is 6.60. The standard InChI is InChI=1S/C27H27ClN4O4S.CH4/c1-15-24(30-16(2)25(15)27(34)32-10-9-18(29)13-32)12-21-20-11-19(7-8-23(20)31-26(21)33)37(35,36)14-17-5-3-4-6-22(17)28;/h3-8,11-12,18,30H,9-10,13-14,29H2,1-2H3,(H,31,33);1H4/b21-12-;/t18-;/m0./s1. The number of aromatic nitrogens is 1. The van der Waals surface area contributed by atoms with Gasteiger partial charge in [0.1, 0.15) is 0 Å². The van der Waals surface area contributed by atoms with Crippen molar-refractivity contribution in [3.63, 3.8) is 0 Å². The van der Waals surface area contributed by atoms with Crippen LogP contribution in [0.25, 0.3) is 11.6 Å². The highest BCUT2D eigenvalue weighted by Crippen LogP contribution is 2.36. The number of hydrogen-bond acceptors (Lipinski definition) is 5. The molecule has 0 unspecified atom stereocenters. The second-order valence-corrected chi connectivity index (χ2v) is 11.9. The van der Waals surface area contributed by atoms with Crippen molar-refractivity contribution in [2.24, 2.45) is 5.73 Å². The average molecular weight is 555 g/mol. The van der Waals surface area contributed by atoms with E-state index in [-0.39, 0.29) is 35.9 Å². The smallest absolute Gasteiger partial charge is 0.256 e. The van der Waals surface area contributed by atoms with Gasteiger partial charge in [-0.1, -0.05) is 37.2 Å². The summed E-state index contributed by atoms with van der Waals surface area (Å²) >= 11 is 6.18. The fraction of sp³-hybridized carbons (Fsp3) is 0.286. The van der Waals surface area contributed by atoms with Crippen LogP contribution in [-0.2, 0) is 20.4 Å². The van der Waals surface area contributed by atoms with Crippen molar-refractivity contribution in [3.8, 4) is 0 Å². The Hall–Kier alpha value is -3.40. The Morgan fingerprint density at radius 1 is 1.21 bits per heavy atom. The van der Waals surface area contributed by atoms with Crippen molar-refractivity contribution in [1.82, 2.24) is 9.88 Å². The van der Waals surface area contributed by atoms with Gasteiger partial charge < -0.3 is 20.9 Å². The zero-order chi connectivity index (χ0) is 26.5. The molecule has 1 saturated heterocycles. The molecule has 200 valence electrons. The summed E-state index contributed by atoms with van der Waals surface area (Å²) in [6.45, 7) is 4.78. The Labute approximate surface area is 227 Å². The molecule has 0 bridgehead atoms. The number of benzene rings is 2. The summed E-state index contributed by atoms with van der Waals surface area (Å²) in [5, 5.41) is 3.17. The molecule has 0 radical (unpaired) electrons. The number of aryl methyl sites for hydroxylation is 1. The summed E-state index contributed by atoms with van der Waals surface area (Å²) in [5.74, 6) is -0.694. The number of fused-ring (bicyclic) bond motifs is 1. The zero-order valence-electron chi connectivity index (χ0n) is 20.5. The first-order valence-corrected chi connectivity index (χ1v) is 14.0. The molecule has 3 heterocycles. The average Bonchev–Trinajstić information content (AvgIpc) is 3.50. The second-order valence-electron chi connectivity index (χ2n) is 9.53. The van der Waals surface area contributed by atoms with E-state index in [1.807, 2.05) is 13.8 Å². The third-order valence-corrected chi connectivity index (χ3v) is 8.96. The van der Waals surface area contributed by atoms with Gasteiger partial charge in [-0.15, -0.1) is 0 Å². The number of nitrogens with zero attached hydrogens (tertiary/aromatic N) is 1. The van der Waals surface area contributed by atoms with Gasteiger partial charge in [-0.3, -0.25) is 9.59 Å². The number of nitrogens with two attached hydrogens (primary N) is 1. The van der Waals surface area contributed by atoms with Crippen LogP contribution in [0.3, 0.4) is 0 Å². The number of carbonyl (C=O) groups is 2. The number of H-pyrrole nitrogens is 1. The molecule has 2 aliphatic rings. The van der Waals surface area contributed by atoms with E-state index in [9.17, 15) is 18.0 Å². The number of sulfone groups is 1. The lowest BCUT2D eigenvalue weighted by molar-refractivity contribution is -0.110. The molecule has 10 heteroatoms. The number of amides is 2. The lowest BCUT2D eigenvalue weighted by atomic mass is 10.0. The molecule has 8 nitrogen and oxygen atoms in total. The first-order chi connectivity index (χ1) is 17.5. The third kappa shape index (κ3) is 5.01. The van der Waals surface area contributed by atoms with E-state index in [0.29, 0.717) is 57.5 Å². The molecular weight excluding hydrogens is 524 g/mol. The second kappa shape index (κ2) is 10.4. The Balaban J connectivity index is 0.00000336. The van der Waals surface area contributed by atoms with Gasteiger partial charge in [-0.05, 0) is 61.7 Å². The number of carbonyl (C=O) groups excluding carboxylic acids is 2. The summed E-state index contributed by atoms with van der Waals surface area (Å²) in [7, 11) is -3.73. The summed E-state index contributed by atoms with van der Waals surface area (Å²) in [4.78, 5) is 31.1. The fourth-order valence-electron chi connectivity index (χ4n) is 4.92. The highest BCUT2D eigenvalue weighted by atomic mass is 35.5. The van der Waals surface area contributed by atoms with Crippen LogP contribution in [0.15, 0.2) is 47.4 Å². The van der Waals surface area contributed by atoms with Crippen molar-refractivity contribution in [3.05, 3.63) is 81.1 Å². The van der Waals surface area contributed by atoms with E-state index in [0.717, 1.165) is 12.0 Å². The van der Waals surface area contributed by atoms with Crippen LogP contribution >= 0.6 is 11.6 Å². The van der Waals surface area contributed by atoms with Crippen LogP contribution in [0.4, 0.5) is 5.69 Å². The van der Waals surface area contributed by atoms with Crippen molar-refractivity contribution < 1.29 is 18.0 Å². The van der Waals surface area contributed by atoms with E-state index in [4.69, 9.17) is 17.3 Å².